The molecule has 1 heterocycles. The Balaban J connectivity index is 2.25. The number of hydrogen-bond donors (Lipinski definition) is 2. The van der Waals surface area contributed by atoms with E-state index in [2.05, 4.69) is 15.9 Å². The lowest BCUT2D eigenvalue weighted by Crippen LogP contribution is -2.42. The lowest BCUT2D eigenvalue weighted by Gasteiger charge is -2.09. The number of sulfonamides is 1. The van der Waals surface area contributed by atoms with Crippen molar-refractivity contribution in [3.05, 3.63) is 56.8 Å². The van der Waals surface area contributed by atoms with Crippen molar-refractivity contribution in [1.29, 1.82) is 0 Å². The van der Waals surface area contributed by atoms with E-state index in [-0.39, 0.29) is 5.69 Å². The van der Waals surface area contributed by atoms with Crippen LogP contribution in [0.4, 0.5) is 5.69 Å². The van der Waals surface area contributed by atoms with Gasteiger partial charge in [0.25, 0.3) is 21.6 Å². The molecule has 1 aromatic heterocycles. The monoisotopic (exact) mass is 402 g/mol. The summed E-state index contributed by atoms with van der Waals surface area (Å²) >= 11 is 3.04. The average molecular weight is 403 g/mol. The third kappa shape index (κ3) is 3.75. The first-order chi connectivity index (χ1) is 10.7. The standard InChI is InChI=1S/C12H11BrN4O5S/c1-16-6-2-3-9(16)12(18)14-15-23(21,22)11-5-4-8(13)7-10(11)17(19)20/h2-7,15H,1H3,(H,14,18). The average Bonchev–Trinajstić information content (AvgIpc) is 2.90. The summed E-state index contributed by atoms with van der Waals surface area (Å²) < 4.78 is 26.2. The van der Waals surface area contributed by atoms with E-state index in [0.29, 0.717) is 4.47 Å². The van der Waals surface area contributed by atoms with Gasteiger partial charge in [0.15, 0.2) is 4.90 Å². The Morgan fingerprint density at radius 2 is 2.04 bits per heavy atom. The zero-order valence-corrected chi connectivity index (χ0v) is 14.1. The predicted molar refractivity (Wildman–Crippen MR) is 84.0 cm³/mol. The van der Waals surface area contributed by atoms with Gasteiger partial charge in [-0.2, -0.15) is 0 Å². The number of carbonyl (C=O) groups is 1. The number of nitrogens with zero attached hydrogens (tertiary/aromatic N) is 2. The van der Waals surface area contributed by atoms with Crippen LogP contribution in [0, 0.1) is 10.1 Å². The summed E-state index contributed by atoms with van der Waals surface area (Å²) in [7, 11) is -2.69. The third-order valence-corrected chi connectivity index (χ3v) is 4.67. The molecule has 0 unspecified atom stereocenters. The predicted octanol–water partition coefficient (Wildman–Crippen LogP) is 1.32. The number of aromatic nitrogens is 1. The molecule has 122 valence electrons. The summed E-state index contributed by atoms with van der Waals surface area (Å²) in [5.74, 6) is -0.694. The number of nitro benzene ring substituents is 1. The Morgan fingerprint density at radius 3 is 2.61 bits per heavy atom. The van der Waals surface area contributed by atoms with Crippen molar-refractivity contribution >= 4 is 37.5 Å². The number of halogens is 1. The molecular weight excluding hydrogens is 392 g/mol. The second-order valence-corrected chi connectivity index (χ2v) is 7.00. The maximum atomic E-state index is 12.2. The number of rotatable bonds is 5. The van der Waals surface area contributed by atoms with Gasteiger partial charge in [-0.05, 0) is 24.3 Å². The molecule has 9 nitrogen and oxygen atoms in total. The van der Waals surface area contributed by atoms with Crippen LogP contribution in [0.25, 0.3) is 0 Å². The maximum absolute atomic E-state index is 12.2. The largest absolute Gasteiger partial charge is 0.347 e. The Morgan fingerprint density at radius 1 is 1.35 bits per heavy atom. The molecule has 2 N–H and O–H groups in total. The van der Waals surface area contributed by atoms with Gasteiger partial charge in [0, 0.05) is 23.8 Å². The highest BCUT2D eigenvalue weighted by atomic mass is 79.9. The van der Waals surface area contributed by atoms with E-state index in [4.69, 9.17) is 0 Å². The van der Waals surface area contributed by atoms with Crippen LogP contribution in [0.15, 0.2) is 45.9 Å². The summed E-state index contributed by atoms with van der Waals surface area (Å²) in [6, 6.07) is 6.59. The molecule has 2 aromatic rings. The van der Waals surface area contributed by atoms with E-state index in [1.807, 2.05) is 10.3 Å². The molecule has 0 saturated heterocycles. The number of benzene rings is 1. The fraction of sp³-hybridized carbons (Fsp3) is 0.0833. The Labute approximate surface area is 139 Å². The molecule has 0 spiro atoms. The number of hydrazine groups is 1. The molecule has 0 radical (unpaired) electrons. The summed E-state index contributed by atoms with van der Waals surface area (Å²) in [6.07, 6.45) is 1.61. The van der Waals surface area contributed by atoms with Gasteiger partial charge in [0.05, 0.1) is 4.92 Å². The minimum atomic E-state index is -4.31. The van der Waals surface area contributed by atoms with Crippen molar-refractivity contribution in [1.82, 2.24) is 14.8 Å². The van der Waals surface area contributed by atoms with E-state index < -0.39 is 31.4 Å². The molecule has 0 aliphatic carbocycles. The van der Waals surface area contributed by atoms with Gasteiger partial charge < -0.3 is 4.57 Å². The fourth-order valence-electron chi connectivity index (χ4n) is 1.79. The normalized spacial score (nSPS) is 11.2. The van der Waals surface area contributed by atoms with Crippen molar-refractivity contribution in [3.8, 4) is 0 Å². The van der Waals surface area contributed by atoms with E-state index >= 15 is 0 Å². The van der Waals surface area contributed by atoms with Gasteiger partial charge in [-0.1, -0.05) is 15.9 Å². The highest BCUT2D eigenvalue weighted by Crippen LogP contribution is 2.26. The first-order valence-electron chi connectivity index (χ1n) is 6.10. The first kappa shape index (κ1) is 17.1. The van der Waals surface area contributed by atoms with E-state index in [0.717, 1.165) is 12.1 Å². The number of aryl methyl sites for hydroxylation is 1. The molecule has 0 saturated carbocycles. The molecular formula is C12H11BrN4O5S. The number of nitro groups is 1. The van der Waals surface area contributed by atoms with Crippen molar-refractivity contribution < 1.29 is 18.1 Å². The van der Waals surface area contributed by atoms with Crippen LogP contribution in [0.1, 0.15) is 10.5 Å². The Bertz CT molecular complexity index is 877. The van der Waals surface area contributed by atoms with Gasteiger partial charge >= 0.3 is 0 Å². The van der Waals surface area contributed by atoms with Crippen molar-refractivity contribution in [3.63, 3.8) is 0 Å². The molecule has 0 aliphatic rings. The minimum Gasteiger partial charge on any atom is -0.347 e. The van der Waals surface area contributed by atoms with Gasteiger partial charge in [-0.3, -0.25) is 20.3 Å². The number of amides is 1. The van der Waals surface area contributed by atoms with E-state index in [1.165, 1.54) is 16.7 Å². The zero-order valence-electron chi connectivity index (χ0n) is 11.7. The summed E-state index contributed by atoms with van der Waals surface area (Å²) in [5, 5.41) is 11.0. The number of carbonyl (C=O) groups excluding carboxylic acids is 1. The topological polar surface area (TPSA) is 123 Å². The van der Waals surface area contributed by atoms with Gasteiger partial charge in [-0.15, -0.1) is 4.83 Å². The summed E-state index contributed by atoms with van der Waals surface area (Å²) in [4.78, 5) is 23.3. The lowest BCUT2D eigenvalue weighted by atomic mass is 10.3. The molecule has 0 atom stereocenters. The smallest absolute Gasteiger partial charge is 0.290 e. The molecule has 0 fully saturated rings. The molecule has 1 aromatic carbocycles. The summed E-state index contributed by atoms with van der Waals surface area (Å²) in [6.45, 7) is 0. The highest BCUT2D eigenvalue weighted by molar-refractivity contribution is 9.10. The van der Waals surface area contributed by atoms with Crippen LogP contribution in [-0.2, 0) is 17.1 Å². The molecule has 1 amide bonds. The molecule has 0 aliphatic heterocycles. The van der Waals surface area contributed by atoms with Gasteiger partial charge in [0.2, 0.25) is 0 Å². The highest BCUT2D eigenvalue weighted by Gasteiger charge is 2.26. The van der Waals surface area contributed by atoms with E-state index in [1.54, 1.807) is 19.3 Å². The van der Waals surface area contributed by atoms with Gasteiger partial charge in [-0.25, -0.2) is 8.42 Å². The number of hydrogen-bond acceptors (Lipinski definition) is 5. The third-order valence-electron chi connectivity index (χ3n) is 2.88. The number of nitrogens with one attached hydrogen (secondary N) is 2. The van der Waals surface area contributed by atoms with Crippen LogP contribution in [0.3, 0.4) is 0 Å². The first-order valence-corrected chi connectivity index (χ1v) is 8.37. The SMILES string of the molecule is Cn1cccc1C(=O)NNS(=O)(=O)c1ccc(Br)cc1[N+](=O)[O-]. The second kappa shape index (κ2) is 6.48. The van der Waals surface area contributed by atoms with E-state index in [9.17, 15) is 23.3 Å². The maximum Gasteiger partial charge on any atom is 0.290 e. The van der Waals surface area contributed by atoms with Gasteiger partial charge in [0.1, 0.15) is 5.69 Å². The Kier molecular flexibility index (Phi) is 4.82. The lowest BCUT2D eigenvalue weighted by molar-refractivity contribution is -0.387. The molecule has 11 heteroatoms. The quantitative estimate of drug-likeness (QED) is 0.576. The van der Waals surface area contributed by atoms with Crippen molar-refractivity contribution in [2.24, 2.45) is 7.05 Å². The summed E-state index contributed by atoms with van der Waals surface area (Å²) in [5.41, 5.74) is 1.62. The van der Waals surface area contributed by atoms with Crippen LogP contribution in [-0.4, -0.2) is 23.8 Å². The van der Waals surface area contributed by atoms with Crippen LogP contribution in [0.2, 0.25) is 0 Å². The molecule has 23 heavy (non-hydrogen) atoms. The van der Waals surface area contributed by atoms with Crippen LogP contribution < -0.4 is 10.3 Å². The fourth-order valence-corrected chi connectivity index (χ4v) is 3.13. The second-order valence-electron chi connectivity index (χ2n) is 4.43. The van der Waals surface area contributed by atoms with Crippen molar-refractivity contribution in [2.45, 2.75) is 4.90 Å². The minimum absolute atomic E-state index is 0.220. The van der Waals surface area contributed by atoms with Crippen LogP contribution in [0.5, 0.6) is 0 Å². The van der Waals surface area contributed by atoms with Crippen molar-refractivity contribution in [2.75, 3.05) is 0 Å². The van der Waals surface area contributed by atoms with Crippen LogP contribution >= 0.6 is 15.9 Å². The molecule has 2 rings (SSSR count). The zero-order chi connectivity index (χ0) is 17.2. The Hall–Kier alpha value is -2.24. The molecule has 0 bridgehead atoms.